The number of carbonyl (C=O) groups excluding carboxylic acids is 1. The highest BCUT2D eigenvalue weighted by Gasteiger charge is 2.04. The molecular formula is C15H14O3. The topological polar surface area (TPSA) is 46.5 Å². The molecule has 3 heteroatoms. The smallest absolute Gasteiger partial charge is 0.337 e. The molecule has 0 aliphatic rings. The van der Waals surface area contributed by atoms with Gasteiger partial charge < -0.3 is 9.84 Å². The van der Waals surface area contributed by atoms with Gasteiger partial charge in [0.25, 0.3) is 0 Å². The fourth-order valence-corrected chi connectivity index (χ4v) is 1.73. The van der Waals surface area contributed by atoms with Crippen LogP contribution in [-0.4, -0.2) is 18.2 Å². The summed E-state index contributed by atoms with van der Waals surface area (Å²) in [6, 6.07) is 14.4. The Morgan fingerprint density at radius 2 is 1.50 bits per heavy atom. The molecule has 0 radical (unpaired) electrons. The van der Waals surface area contributed by atoms with Gasteiger partial charge in [-0.2, -0.15) is 0 Å². The predicted molar refractivity (Wildman–Crippen MR) is 68.7 cm³/mol. The van der Waals surface area contributed by atoms with Gasteiger partial charge in [-0.05, 0) is 41.8 Å². The third-order valence-corrected chi connectivity index (χ3v) is 2.72. The molecule has 0 atom stereocenters. The van der Waals surface area contributed by atoms with Crippen LogP contribution in [0, 0.1) is 0 Å². The molecule has 0 aromatic heterocycles. The van der Waals surface area contributed by atoms with E-state index in [1.165, 1.54) is 7.11 Å². The van der Waals surface area contributed by atoms with Gasteiger partial charge in [0.15, 0.2) is 0 Å². The van der Waals surface area contributed by atoms with Crippen LogP contribution in [0.4, 0.5) is 0 Å². The number of hydrogen-bond donors (Lipinski definition) is 1. The van der Waals surface area contributed by atoms with Crippen molar-refractivity contribution in [1.82, 2.24) is 0 Å². The fraction of sp³-hybridized carbons (Fsp3) is 0.133. The van der Waals surface area contributed by atoms with Gasteiger partial charge in [-0.15, -0.1) is 0 Å². The molecular weight excluding hydrogens is 228 g/mol. The summed E-state index contributed by atoms with van der Waals surface area (Å²) in [4.78, 5) is 11.3. The Morgan fingerprint density at radius 3 is 2.00 bits per heavy atom. The maximum Gasteiger partial charge on any atom is 0.337 e. The third-order valence-electron chi connectivity index (χ3n) is 2.72. The minimum atomic E-state index is -0.328. The SMILES string of the molecule is COC(=O)c1ccc(Cc2ccc(O)cc2)cc1. The third kappa shape index (κ3) is 2.88. The summed E-state index contributed by atoms with van der Waals surface area (Å²) in [5.74, 6) is -0.0639. The first-order valence-electron chi connectivity index (χ1n) is 5.64. The highest BCUT2D eigenvalue weighted by molar-refractivity contribution is 5.89. The molecule has 3 nitrogen and oxygen atoms in total. The second-order valence-electron chi connectivity index (χ2n) is 4.03. The zero-order chi connectivity index (χ0) is 13.0. The number of methoxy groups -OCH3 is 1. The Bertz CT molecular complexity index is 527. The largest absolute Gasteiger partial charge is 0.508 e. The van der Waals surface area contributed by atoms with Crippen LogP contribution in [0.1, 0.15) is 21.5 Å². The van der Waals surface area contributed by atoms with Crippen molar-refractivity contribution in [1.29, 1.82) is 0 Å². The zero-order valence-corrected chi connectivity index (χ0v) is 10.1. The molecule has 1 N–H and O–H groups in total. The molecule has 0 saturated carbocycles. The Balaban J connectivity index is 2.10. The molecule has 2 aromatic rings. The van der Waals surface area contributed by atoms with Crippen molar-refractivity contribution in [3.8, 4) is 5.75 Å². The summed E-state index contributed by atoms with van der Waals surface area (Å²) in [5, 5.41) is 9.20. The van der Waals surface area contributed by atoms with Crippen molar-refractivity contribution < 1.29 is 14.6 Å². The number of carbonyl (C=O) groups is 1. The van der Waals surface area contributed by atoms with Crippen molar-refractivity contribution in [2.75, 3.05) is 7.11 Å². The number of ether oxygens (including phenoxy) is 1. The molecule has 0 aliphatic heterocycles. The normalized spacial score (nSPS) is 10.1. The van der Waals surface area contributed by atoms with E-state index in [0.717, 1.165) is 17.5 Å². The van der Waals surface area contributed by atoms with Gasteiger partial charge in [-0.1, -0.05) is 24.3 Å². The van der Waals surface area contributed by atoms with Crippen LogP contribution < -0.4 is 0 Å². The van der Waals surface area contributed by atoms with Crippen molar-refractivity contribution in [2.24, 2.45) is 0 Å². The van der Waals surface area contributed by atoms with Crippen molar-refractivity contribution in [3.05, 3.63) is 65.2 Å². The van der Waals surface area contributed by atoms with Crippen LogP contribution in [0.5, 0.6) is 5.75 Å². The highest BCUT2D eigenvalue weighted by Crippen LogP contribution is 2.14. The van der Waals surface area contributed by atoms with Gasteiger partial charge in [-0.25, -0.2) is 4.79 Å². The first kappa shape index (κ1) is 12.2. The number of rotatable bonds is 3. The lowest BCUT2D eigenvalue weighted by molar-refractivity contribution is 0.0600. The molecule has 0 saturated heterocycles. The number of benzene rings is 2. The lowest BCUT2D eigenvalue weighted by atomic mass is 10.0. The fourth-order valence-electron chi connectivity index (χ4n) is 1.73. The number of phenols is 1. The van der Waals surface area contributed by atoms with Crippen LogP contribution in [0.15, 0.2) is 48.5 Å². The summed E-state index contributed by atoms with van der Waals surface area (Å²) < 4.78 is 4.64. The molecule has 0 heterocycles. The first-order valence-corrected chi connectivity index (χ1v) is 5.64. The Labute approximate surface area is 106 Å². The van der Waals surface area contributed by atoms with E-state index in [1.54, 1.807) is 24.3 Å². The Hall–Kier alpha value is -2.29. The van der Waals surface area contributed by atoms with Crippen LogP contribution in [0.25, 0.3) is 0 Å². The first-order chi connectivity index (χ1) is 8.69. The number of esters is 1. The zero-order valence-electron chi connectivity index (χ0n) is 10.1. The molecule has 2 rings (SSSR count). The van der Waals surface area contributed by atoms with E-state index < -0.39 is 0 Å². The van der Waals surface area contributed by atoms with E-state index in [4.69, 9.17) is 0 Å². The second kappa shape index (κ2) is 5.36. The summed E-state index contributed by atoms with van der Waals surface area (Å²) >= 11 is 0. The minimum Gasteiger partial charge on any atom is -0.508 e. The Kier molecular flexibility index (Phi) is 3.63. The van der Waals surface area contributed by atoms with Crippen molar-refractivity contribution in [3.63, 3.8) is 0 Å². The summed E-state index contributed by atoms with van der Waals surface area (Å²) in [6.07, 6.45) is 0.766. The molecule has 0 amide bonds. The van der Waals surface area contributed by atoms with Gasteiger partial charge >= 0.3 is 5.97 Å². The minimum absolute atomic E-state index is 0.264. The van der Waals surface area contributed by atoms with E-state index in [9.17, 15) is 9.90 Å². The molecule has 92 valence electrons. The predicted octanol–water partition coefficient (Wildman–Crippen LogP) is 2.77. The standard InChI is InChI=1S/C15H14O3/c1-18-15(17)13-6-2-11(3-7-13)10-12-4-8-14(16)9-5-12/h2-9,16H,10H2,1H3. The lowest BCUT2D eigenvalue weighted by Crippen LogP contribution is -2.00. The van der Waals surface area contributed by atoms with E-state index >= 15 is 0 Å². The van der Waals surface area contributed by atoms with Gasteiger partial charge in [0.2, 0.25) is 0 Å². The maximum atomic E-state index is 11.3. The average Bonchev–Trinajstić information content (AvgIpc) is 2.41. The number of aromatic hydroxyl groups is 1. The van der Waals surface area contributed by atoms with Crippen LogP contribution in [-0.2, 0) is 11.2 Å². The highest BCUT2D eigenvalue weighted by atomic mass is 16.5. The maximum absolute atomic E-state index is 11.3. The van der Waals surface area contributed by atoms with E-state index in [0.29, 0.717) is 5.56 Å². The van der Waals surface area contributed by atoms with Gasteiger partial charge in [0.1, 0.15) is 5.75 Å². The van der Waals surface area contributed by atoms with Crippen LogP contribution in [0.2, 0.25) is 0 Å². The lowest BCUT2D eigenvalue weighted by Gasteiger charge is -2.04. The van der Waals surface area contributed by atoms with E-state index in [2.05, 4.69) is 4.74 Å². The van der Waals surface area contributed by atoms with Gasteiger partial charge in [0.05, 0.1) is 12.7 Å². The van der Waals surface area contributed by atoms with E-state index in [-0.39, 0.29) is 11.7 Å². The van der Waals surface area contributed by atoms with Crippen LogP contribution in [0.3, 0.4) is 0 Å². The van der Waals surface area contributed by atoms with Crippen molar-refractivity contribution >= 4 is 5.97 Å². The van der Waals surface area contributed by atoms with E-state index in [1.807, 2.05) is 24.3 Å². The number of hydrogen-bond acceptors (Lipinski definition) is 3. The molecule has 18 heavy (non-hydrogen) atoms. The van der Waals surface area contributed by atoms with Crippen molar-refractivity contribution in [2.45, 2.75) is 6.42 Å². The summed E-state index contributed by atoms with van der Waals surface area (Å²) in [5.41, 5.74) is 2.76. The van der Waals surface area contributed by atoms with Gasteiger partial charge in [0, 0.05) is 0 Å². The summed E-state index contributed by atoms with van der Waals surface area (Å²) in [6.45, 7) is 0. The van der Waals surface area contributed by atoms with Crippen LogP contribution >= 0.6 is 0 Å². The molecule has 2 aromatic carbocycles. The molecule has 0 spiro atoms. The quantitative estimate of drug-likeness (QED) is 0.842. The average molecular weight is 242 g/mol. The molecule has 0 aliphatic carbocycles. The van der Waals surface area contributed by atoms with Gasteiger partial charge in [-0.3, -0.25) is 0 Å². The second-order valence-corrected chi connectivity index (χ2v) is 4.03. The monoisotopic (exact) mass is 242 g/mol. The number of phenolic OH excluding ortho intramolecular Hbond substituents is 1. The summed E-state index contributed by atoms with van der Waals surface area (Å²) in [7, 11) is 1.37. The molecule has 0 unspecified atom stereocenters. The molecule has 0 fully saturated rings. The Morgan fingerprint density at radius 1 is 1.00 bits per heavy atom. The molecule has 0 bridgehead atoms.